The highest BCUT2D eigenvalue weighted by molar-refractivity contribution is 7.14. The molecule has 6 nitrogen and oxygen atoms in total. The molecular formula is C22H15Cl2N5OS2. The summed E-state index contributed by atoms with van der Waals surface area (Å²) < 4.78 is 0. The number of hydrogen-bond acceptors (Lipinski definition) is 8. The molecule has 0 aliphatic rings. The molecule has 2 heterocycles. The number of allylic oxidation sites excluding steroid dienone is 1. The van der Waals surface area contributed by atoms with Crippen LogP contribution in [0.5, 0.6) is 0 Å². The number of hydrogen-bond donors (Lipinski definition) is 0. The first kappa shape index (κ1) is 23.7. The fourth-order valence-corrected chi connectivity index (χ4v) is 4.47. The fourth-order valence-electron chi connectivity index (χ4n) is 2.63. The van der Waals surface area contributed by atoms with Gasteiger partial charge in [0.25, 0.3) is 0 Å². The van der Waals surface area contributed by atoms with Gasteiger partial charge in [0.2, 0.25) is 0 Å². The molecule has 0 spiro atoms. The summed E-state index contributed by atoms with van der Waals surface area (Å²) in [6.45, 7) is 3.78. The van der Waals surface area contributed by atoms with E-state index in [0.717, 1.165) is 43.0 Å². The van der Waals surface area contributed by atoms with Gasteiger partial charge in [0.15, 0.2) is 6.29 Å². The van der Waals surface area contributed by atoms with Gasteiger partial charge >= 0.3 is 0 Å². The molecule has 10 heteroatoms. The van der Waals surface area contributed by atoms with Crippen LogP contribution in [0.2, 0.25) is 10.0 Å². The molecule has 32 heavy (non-hydrogen) atoms. The number of nitriles is 1. The predicted octanol–water partition coefficient (Wildman–Crippen LogP) is 6.68. The van der Waals surface area contributed by atoms with Gasteiger partial charge in [-0.1, -0.05) is 45.9 Å². The minimum atomic E-state index is 0.540. The van der Waals surface area contributed by atoms with Crippen LogP contribution >= 0.6 is 45.9 Å². The molecule has 2 aromatic carbocycles. The summed E-state index contributed by atoms with van der Waals surface area (Å²) in [4.78, 5) is 10.9. The van der Waals surface area contributed by atoms with Crippen molar-refractivity contribution < 1.29 is 4.79 Å². The van der Waals surface area contributed by atoms with E-state index >= 15 is 0 Å². The average Bonchev–Trinajstić information content (AvgIpc) is 3.41. The Morgan fingerprint density at radius 3 is 1.78 bits per heavy atom. The van der Waals surface area contributed by atoms with Crippen LogP contribution in [0.4, 0.5) is 0 Å². The van der Waals surface area contributed by atoms with Crippen molar-refractivity contribution in [1.29, 1.82) is 5.26 Å². The Balaban J connectivity index is 0.000000182. The number of carbonyl (C=O) groups excluding carboxylic acids is 1. The minimum absolute atomic E-state index is 0.540. The highest BCUT2D eigenvalue weighted by Crippen LogP contribution is 2.30. The van der Waals surface area contributed by atoms with Crippen molar-refractivity contribution in [3.05, 3.63) is 73.7 Å². The van der Waals surface area contributed by atoms with Gasteiger partial charge in [-0.3, -0.25) is 4.79 Å². The van der Waals surface area contributed by atoms with Crippen LogP contribution in [-0.4, -0.2) is 26.7 Å². The molecule has 0 N–H and O–H groups in total. The summed E-state index contributed by atoms with van der Waals surface area (Å²) >= 11 is 14.7. The Morgan fingerprint density at radius 2 is 1.34 bits per heavy atom. The summed E-state index contributed by atoms with van der Waals surface area (Å²) in [5.74, 6) is 0. The van der Waals surface area contributed by atoms with Crippen LogP contribution in [0.15, 0.2) is 42.5 Å². The molecule has 0 atom stereocenters. The minimum Gasteiger partial charge on any atom is -0.298 e. The van der Waals surface area contributed by atoms with Crippen LogP contribution in [0, 0.1) is 25.2 Å². The molecular weight excluding hydrogens is 485 g/mol. The maximum Gasteiger partial charge on any atom is 0.150 e. The third-order valence-corrected chi connectivity index (χ3v) is 6.22. The third kappa shape index (κ3) is 6.05. The van der Waals surface area contributed by atoms with Gasteiger partial charge in [0.05, 0.1) is 6.07 Å². The van der Waals surface area contributed by atoms with Gasteiger partial charge in [0, 0.05) is 32.8 Å². The van der Waals surface area contributed by atoms with E-state index < -0.39 is 0 Å². The molecule has 0 fully saturated rings. The number of aryl methyl sites for hydroxylation is 2. The summed E-state index contributed by atoms with van der Waals surface area (Å²) in [5, 5.41) is 29.1. The molecule has 0 aliphatic carbocycles. The topological polar surface area (TPSA) is 92.4 Å². The van der Waals surface area contributed by atoms with Crippen LogP contribution in [0.3, 0.4) is 0 Å². The number of carbonyl (C=O) groups is 1. The van der Waals surface area contributed by atoms with Crippen LogP contribution < -0.4 is 0 Å². The number of aldehydes is 1. The summed E-state index contributed by atoms with van der Waals surface area (Å²) in [6, 6.07) is 12.6. The summed E-state index contributed by atoms with van der Waals surface area (Å²) in [5.41, 5.74) is 3.13. The SMILES string of the molecule is Cc1nnc(-c2ccc(Cl)cc2/C=C/C#N)s1.Cc1nnc(-c2ccc(Cl)cc2C=O)s1. The second kappa shape index (κ2) is 11.1. The molecule has 2 aromatic heterocycles. The number of aromatic nitrogens is 4. The van der Waals surface area contributed by atoms with E-state index in [2.05, 4.69) is 20.4 Å². The Bertz CT molecular complexity index is 1320. The van der Waals surface area contributed by atoms with E-state index in [1.807, 2.05) is 32.0 Å². The zero-order valence-electron chi connectivity index (χ0n) is 16.9. The molecule has 0 aliphatic heterocycles. The first-order valence-corrected chi connectivity index (χ1v) is 11.5. The van der Waals surface area contributed by atoms with E-state index in [4.69, 9.17) is 28.5 Å². The lowest BCUT2D eigenvalue weighted by molar-refractivity contribution is 0.112. The maximum atomic E-state index is 10.9. The smallest absolute Gasteiger partial charge is 0.150 e. The zero-order chi connectivity index (χ0) is 23.1. The molecule has 0 saturated carbocycles. The van der Waals surface area contributed by atoms with Crippen molar-refractivity contribution >= 4 is 58.2 Å². The van der Waals surface area contributed by atoms with E-state index in [9.17, 15) is 4.79 Å². The quantitative estimate of drug-likeness (QED) is 0.229. The first-order chi connectivity index (χ1) is 15.4. The van der Waals surface area contributed by atoms with Crippen molar-refractivity contribution in [3.8, 4) is 27.2 Å². The van der Waals surface area contributed by atoms with E-state index in [0.29, 0.717) is 15.6 Å². The normalized spacial score (nSPS) is 10.5. The first-order valence-electron chi connectivity index (χ1n) is 9.12. The van der Waals surface area contributed by atoms with Crippen molar-refractivity contribution in [1.82, 2.24) is 20.4 Å². The lowest BCUT2D eigenvalue weighted by atomic mass is 10.1. The van der Waals surface area contributed by atoms with Crippen molar-refractivity contribution in [2.24, 2.45) is 0 Å². The Morgan fingerprint density at radius 1 is 0.844 bits per heavy atom. The van der Waals surface area contributed by atoms with Gasteiger partial charge in [-0.25, -0.2) is 0 Å². The second-order valence-corrected chi connectivity index (χ2v) is 9.53. The Hall–Kier alpha value is -2.96. The molecule has 0 bridgehead atoms. The van der Waals surface area contributed by atoms with Gasteiger partial charge in [-0.05, 0) is 61.9 Å². The largest absolute Gasteiger partial charge is 0.298 e. The highest BCUT2D eigenvalue weighted by atomic mass is 35.5. The van der Waals surface area contributed by atoms with Crippen molar-refractivity contribution in [2.45, 2.75) is 13.8 Å². The number of halogens is 2. The number of nitrogens with zero attached hydrogens (tertiary/aromatic N) is 5. The molecule has 0 unspecified atom stereocenters. The van der Waals surface area contributed by atoms with Crippen molar-refractivity contribution in [3.63, 3.8) is 0 Å². The molecule has 0 saturated heterocycles. The van der Waals surface area contributed by atoms with E-state index in [-0.39, 0.29) is 0 Å². The van der Waals surface area contributed by atoms with Gasteiger partial charge in [-0.15, -0.1) is 20.4 Å². The molecule has 4 rings (SSSR count). The van der Waals surface area contributed by atoms with Gasteiger partial charge in [-0.2, -0.15) is 5.26 Å². The maximum absolute atomic E-state index is 10.9. The lowest BCUT2D eigenvalue weighted by Crippen LogP contribution is -1.86. The molecule has 0 radical (unpaired) electrons. The highest BCUT2D eigenvalue weighted by Gasteiger charge is 2.10. The lowest BCUT2D eigenvalue weighted by Gasteiger charge is -2.02. The molecule has 0 amide bonds. The predicted molar refractivity (Wildman–Crippen MR) is 130 cm³/mol. The van der Waals surface area contributed by atoms with E-state index in [1.54, 1.807) is 30.3 Å². The number of rotatable bonds is 4. The van der Waals surface area contributed by atoms with Crippen LogP contribution in [0.1, 0.15) is 25.9 Å². The second-order valence-electron chi connectivity index (χ2n) is 6.30. The fraction of sp³-hybridized carbons (Fsp3) is 0.0909. The number of benzene rings is 2. The van der Waals surface area contributed by atoms with Crippen LogP contribution in [-0.2, 0) is 0 Å². The zero-order valence-corrected chi connectivity index (χ0v) is 20.1. The molecule has 160 valence electrons. The van der Waals surface area contributed by atoms with Gasteiger partial charge < -0.3 is 0 Å². The monoisotopic (exact) mass is 499 g/mol. The van der Waals surface area contributed by atoms with Crippen molar-refractivity contribution in [2.75, 3.05) is 0 Å². The summed E-state index contributed by atoms with van der Waals surface area (Å²) in [7, 11) is 0. The molecule has 4 aromatic rings. The van der Waals surface area contributed by atoms with E-state index in [1.165, 1.54) is 28.7 Å². The third-order valence-electron chi connectivity index (χ3n) is 4.00. The summed E-state index contributed by atoms with van der Waals surface area (Å²) in [6.07, 6.45) is 3.92. The average molecular weight is 500 g/mol. The standard InChI is InChI=1S/C12H8ClN3S.C10H7ClN2OS/c1-8-15-16-12(17-8)11-5-4-10(13)7-9(11)3-2-6-14;1-6-12-13-10(15-6)9-3-2-8(11)4-7(9)5-14/h2-5,7H,1H3;2-5H,1H3/b3-2+;. The van der Waals surface area contributed by atoms with Gasteiger partial charge in [0.1, 0.15) is 20.0 Å². The van der Waals surface area contributed by atoms with Crippen LogP contribution in [0.25, 0.3) is 27.2 Å². The Kier molecular flexibility index (Phi) is 8.20. The Labute approximate surface area is 202 Å².